The van der Waals surface area contributed by atoms with Crippen molar-refractivity contribution in [2.45, 2.75) is 31.3 Å². The van der Waals surface area contributed by atoms with Gasteiger partial charge in [0.15, 0.2) is 0 Å². The van der Waals surface area contributed by atoms with Gasteiger partial charge >= 0.3 is 0 Å². The number of hydrogen-bond acceptors (Lipinski definition) is 2. The molecule has 2 rings (SSSR count). The first kappa shape index (κ1) is 5.69. The second-order valence-electron chi connectivity index (χ2n) is 3.23. The normalized spacial score (nSPS) is 48.3. The average Bonchev–Trinajstić information content (AvgIpc) is 2.45. The Morgan fingerprint density at radius 3 is 2.67 bits per heavy atom. The monoisotopic (exact) mass is 127 g/mol. The number of aliphatic hydroxyl groups is 1. The van der Waals surface area contributed by atoms with Gasteiger partial charge in [0.1, 0.15) is 0 Å². The summed E-state index contributed by atoms with van der Waals surface area (Å²) in [5.41, 5.74) is 0. The predicted octanol–water partition coefficient (Wildman–Crippen LogP) is 0.119. The maximum absolute atomic E-state index is 8.83. The molecule has 2 bridgehead atoms. The van der Waals surface area contributed by atoms with Crippen LogP contribution in [-0.2, 0) is 0 Å². The zero-order valence-electron chi connectivity index (χ0n) is 5.51. The third-order valence-corrected chi connectivity index (χ3v) is 2.69. The van der Waals surface area contributed by atoms with Crippen LogP contribution in [0.5, 0.6) is 0 Å². The summed E-state index contributed by atoms with van der Waals surface area (Å²) in [7, 11) is 0. The zero-order valence-corrected chi connectivity index (χ0v) is 5.51. The van der Waals surface area contributed by atoms with Crippen LogP contribution in [0.15, 0.2) is 0 Å². The Morgan fingerprint density at radius 2 is 2.33 bits per heavy atom. The molecule has 1 aliphatic carbocycles. The van der Waals surface area contributed by atoms with Gasteiger partial charge in [-0.05, 0) is 25.2 Å². The molecule has 0 radical (unpaired) electrons. The lowest BCUT2D eigenvalue weighted by Gasteiger charge is -2.20. The van der Waals surface area contributed by atoms with Gasteiger partial charge < -0.3 is 10.4 Å². The van der Waals surface area contributed by atoms with Crippen LogP contribution in [0.4, 0.5) is 0 Å². The molecule has 2 nitrogen and oxygen atoms in total. The second-order valence-corrected chi connectivity index (χ2v) is 3.23. The molecule has 2 fully saturated rings. The second kappa shape index (κ2) is 1.96. The molecular weight excluding hydrogens is 114 g/mol. The zero-order chi connectivity index (χ0) is 6.27. The molecule has 1 saturated carbocycles. The van der Waals surface area contributed by atoms with E-state index in [1.165, 1.54) is 19.3 Å². The summed E-state index contributed by atoms with van der Waals surface area (Å²) in [5, 5.41) is 12.2. The number of piperidine rings is 1. The van der Waals surface area contributed by atoms with Crippen LogP contribution in [0.3, 0.4) is 0 Å². The Labute approximate surface area is 55.3 Å². The molecule has 3 atom stereocenters. The van der Waals surface area contributed by atoms with Gasteiger partial charge in [0.05, 0.1) is 6.61 Å². The predicted molar refractivity (Wildman–Crippen MR) is 35.1 cm³/mol. The Bertz CT molecular complexity index is 115. The SMILES string of the molecule is OC[C@@H]1N[C@H]2CC[C@H]1C2. The highest BCUT2D eigenvalue weighted by Crippen LogP contribution is 2.34. The van der Waals surface area contributed by atoms with E-state index < -0.39 is 0 Å². The number of fused-ring (bicyclic) bond motifs is 2. The summed E-state index contributed by atoms with van der Waals surface area (Å²) in [6.45, 7) is 0.334. The summed E-state index contributed by atoms with van der Waals surface area (Å²) < 4.78 is 0. The van der Waals surface area contributed by atoms with E-state index in [0.29, 0.717) is 12.6 Å². The highest BCUT2D eigenvalue weighted by atomic mass is 16.3. The van der Waals surface area contributed by atoms with E-state index in [4.69, 9.17) is 5.11 Å². The lowest BCUT2D eigenvalue weighted by Crippen LogP contribution is -2.37. The third kappa shape index (κ3) is 0.775. The molecule has 2 N–H and O–H groups in total. The van der Waals surface area contributed by atoms with Crippen molar-refractivity contribution in [2.75, 3.05) is 6.61 Å². The van der Waals surface area contributed by atoms with Crippen molar-refractivity contribution in [1.82, 2.24) is 5.32 Å². The molecule has 1 saturated heterocycles. The van der Waals surface area contributed by atoms with Crippen LogP contribution >= 0.6 is 0 Å². The topological polar surface area (TPSA) is 32.3 Å². The first-order valence-electron chi connectivity index (χ1n) is 3.77. The first-order valence-corrected chi connectivity index (χ1v) is 3.77. The average molecular weight is 127 g/mol. The number of hydrogen-bond donors (Lipinski definition) is 2. The van der Waals surface area contributed by atoms with E-state index in [1.54, 1.807) is 0 Å². The van der Waals surface area contributed by atoms with Gasteiger partial charge in [0.25, 0.3) is 0 Å². The van der Waals surface area contributed by atoms with Crippen molar-refractivity contribution >= 4 is 0 Å². The van der Waals surface area contributed by atoms with Crippen molar-refractivity contribution in [3.63, 3.8) is 0 Å². The van der Waals surface area contributed by atoms with Crippen LogP contribution in [0.1, 0.15) is 19.3 Å². The van der Waals surface area contributed by atoms with Gasteiger partial charge in [-0.15, -0.1) is 0 Å². The van der Waals surface area contributed by atoms with E-state index in [1.807, 2.05) is 0 Å². The van der Waals surface area contributed by atoms with Crippen LogP contribution < -0.4 is 5.32 Å². The molecule has 1 aliphatic heterocycles. The molecule has 2 aliphatic rings. The molecular formula is C7H13NO. The number of rotatable bonds is 1. The Kier molecular flexibility index (Phi) is 1.24. The first-order chi connectivity index (χ1) is 4.40. The van der Waals surface area contributed by atoms with Gasteiger partial charge in [-0.1, -0.05) is 0 Å². The van der Waals surface area contributed by atoms with Crippen molar-refractivity contribution < 1.29 is 5.11 Å². The fourth-order valence-electron chi connectivity index (χ4n) is 2.17. The minimum atomic E-state index is 0.334. The largest absolute Gasteiger partial charge is 0.395 e. The fourth-order valence-corrected chi connectivity index (χ4v) is 2.17. The third-order valence-electron chi connectivity index (χ3n) is 2.69. The molecule has 0 aromatic heterocycles. The fraction of sp³-hybridized carbons (Fsp3) is 1.00. The van der Waals surface area contributed by atoms with E-state index in [0.717, 1.165) is 12.0 Å². The molecule has 0 spiro atoms. The van der Waals surface area contributed by atoms with Crippen molar-refractivity contribution in [3.8, 4) is 0 Å². The maximum atomic E-state index is 8.83. The van der Waals surface area contributed by atoms with Gasteiger partial charge in [-0.3, -0.25) is 0 Å². The molecule has 0 aromatic rings. The van der Waals surface area contributed by atoms with E-state index in [9.17, 15) is 0 Å². The summed E-state index contributed by atoms with van der Waals surface area (Å²) in [6.07, 6.45) is 3.98. The van der Waals surface area contributed by atoms with Crippen LogP contribution in [-0.4, -0.2) is 23.8 Å². The molecule has 0 unspecified atom stereocenters. The Balaban J connectivity index is 2.01. The molecule has 2 heteroatoms. The summed E-state index contributed by atoms with van der Waals surface area (Å²) in [6, 6.07) is 1.18. The highest BCUT2D eigenvalue weighted by Gasteiger charge is 2.38. The van der Waals surface area contributed by atoms with E-state index >= 15 is 0 Å². The summed E-state index contributed by atoms with van der Waals surface area (Å²) in [4.78, 5) is 0. The molecule has 52 valence electrons. The summed E-state index contributed by atoms with van der Waals surface area (Å²) >= 11 is 0. The van der Waals surface area contributed by atoms with Gasteiger partial charge in [0, 0.05) is 12.1 Å². The summed E-state index contributed by atoms with van der Waals surface area (Å²) in [5.74, 6) is 0.792. The lowest BCUT2D eigenvalue weighted by atomic mass is 10.0. The van der Waals surface area contributed by atoms with Gasteiger partial charge in [0.2, 0.25) is 0 Å². The van der Waals surface area contributed by atoms with Crippen LogP contribution in [0.25, 0.3) is 0 Å². The standard InChI is InChI=1S/C7H13NO/c9-4-7-5-1-2-6(3-5)8-7/h5-9H,1-4H2/t5-,6-,7-/m0/s1. The van der Waals surface area contributed by atoms with Crippen molar-refractivity contribution in [2.24, 2.45) is 5.92 Å². The Hall–Kier alpha value is -0.0800. The molecule has 1 heterocycles. The molecule has 9 heavy (non-hydrogen) atoms. The lowest BCUT2D eigenvalue weighted by molar-refractivity contribution is 0.210. The van der Waals surface area contributed by atoms with Crippen LogP contribution in [0.2, 0.25) is 0 Å². The Morgan fingerprint density at radius 1 is 1.44 bits per heavy atom. The minimum absolute atomic E-state index is 0.334. The van der Waals surface area contributed by atoms with E-state index in [2.05, 4.69) is 5.32 Å². The van der Waals surface area contributed by atoms with Crippen LogP contribution in [0, 0.1) is 5.92 Å². The molecule has 0 amide bonds. The minimum Gasteiger partial charge on any atom is -0.395 e. The maximum Gasteiger partial charge on any atom is 0.0587 e. The smallest absolute Gasteiger partial charge is 0.0587 e. The number of nitrogens with one attached hydrogen (secondary N) is 1. The van der Waals surface area contributed by atoms with Gasteiger partial charge in [-0.25, -0.2) is 0 Å². The van der Waals surface area contributed by atoms with Crippen molar-refractivity contribution in [3.05, 3.63) is 0 Å². The number of aliphatic hydroxyl groups excluding tert-OH is 1. The van der Waals surface area contributed by atoms with E-state index in [-0.39, 0.29) is 0 Å². The quantitative estimate of drug-likeness (QED) is 0.524. The molecule has 0 aromatic carbocycles. The van der Waals surface area contributed by atoms with Crippen molar-refractivity contribution in [1.29, 1.82) is 0 Å². The van der Waals surface area contributed by atoms with Gasteiger partial charge in [-0.2, -0.15) is 0 Å². The highest BCUT2D eigenvalue weighted by molar-refractivity contribution is 4.96.